The summed E-state index contributed by atoms with van der Waals surface area (Å²) in [7, 11) is -3.79. The average Bonchev–Trinajstić information content (AvgIpc) is 2.73. The molecule has 0 saturated carbocycles. The predicted octanol–water partition coefficient (Wildman–Crippen LogP) is 3.84. The van der Waals surface area contributed by atoms with Gasteiger partial charge in [0.2, 0.25) is 10.0 Å². The van der Waals surface area contributed by atoms with E-state index in [1.54, 1.807) is 18.2 Å². The summed E-state index contributed by atoms with van der Waals surface area (Å²) in [5.41, 5.74) is 0.506. The largest absolute Gasteiger partial charge is 0.392 e. The van der Waals surface area contributed by atoms with Crippen LogP contribution in [0.15, 0.2) is 23.1 Å². The topological polar surface area (TPSA) is 98.7 Å². The van der Waals surface area contributed by atoms with Gasteiger partial charge in [-0.15, -0.1) is 0 Å². The summed E-state index contributed by atoms with van der Waals surface area (Å²) in [6.07, 6.45) is 9.44. The highest BCUT2D eigenvalue weighted by Crippen LogP contribution is 2.30. The minimum absolute atomic E-state index is 0.000819. The standard InChI is InChI=1S/C21H35N3O4S/c1-2-3-4-5-6-8-14-22-21(26)23-19-13-11-12-18(17-25)20(19)29(27,28)24-15-9-7-10-16-24/h11-13,25H,2-10,14-17H2,1H3,(H2,22,23,26). The molecule has 1 aromatic carbocycles. The number of hydrogen-bond donors (Lipinski definition) is 3. The first kappa shape index (κ1) is 23.6. The van der Waals surface area contributed by atoms with Crippen LogP contribution < -0.4 is 10.6 Å². The Balaban J connectivity index is 2.02. The van der Waals surface area contributed by atoms with Crippen LogP contribution in [0, 0.1) is 0 Å². The Kier molecular flexibility index (Phi) is 9.90. The summed E-state index contributed by atoms with van der Waals surface area (Å²) >= 11 is 0. The molecule has 1 aliphatic rings. The van der Waals surface area contributed by atoms with Crippen LogP contribution in [0.2, 0.25) is 0 Å². The third kappa shape index (κ3) is 6.97. The third-order valence-electron chi connectivity index (χ3n) is 5.24. The van der Waals surface area contributed by atoms with Gasteiger partial charge in [-0.3, -0.25) is 0 Å². The molecule has 0 radical (unpaired) electrons. The van der Waals surface area contributed by atoms with Crippen LogP contribution in [0.4, 0.5) is 10.5 Å². The number of hydrogen-bond acceptors (Lipinski definition) is 4. The van der Waals surface area contributed by atoms with E-state index in [9.17, 15) is 18.3 Å². The minimum Gasteiger partial charge on any atom is -0.392 e. The summed E-state index contributed by atoms with van der Waals surface area (Å²) in [5.74, 6) is 0. The molecule has 0 unspecified atom stereocenters. The van der Waals surface area contributed by atoms with E-state index in [1.807, 2.05) is 0 Å². The Bertz CT molecular complexity index is 746. The first-order valence-electron chi connectivity index (χ1n) is 10.8. The second kappa shape index (κ2) is 12.1. The normalized spacial score (nSPS) is 15.2. The SMILES string of the molecule is CCCCCCCCNC(=O)Nc1cccc(CO)c1S(=O)(=O)N1CCCCC1. The molecule has 2 rings (SSSR count). The molecule has 1 saturated heterocycles. The van der Waals surface area contributed by atoms with Crippen molar-refractivity contribution in [3.05, 3.63) is 23.8 Å². The van der Waals surface area contributed by atoms with Gasteiger partial charge in [0.15, 0.2) is 0 Å². The highest BCUT2D eigenvalue weighted by Gasteiger charge is 2.30. The summed E-state index contributed by atoms with van der Waals surface area (Å²) in [4.78, 5) is 12.3. The van der Waals surface area contributed by atoms with Crippen molar-refractivity contribution in [2.45, 2.75) is 76.2 Å². The number of benzene rings is 1. The van der Waals surface area contributed by atoms with Gasteiger partial charge in [0, 0.05) is 19.6 Å². The van der Waals surface area contributed by atoms with Gasteiger partial charge in [-0.05, 0) is 30.9 Å². The molecule has 0 atom stereocenters. The van der Waals surface area contributed by atoms with Crippen molar-refractivity contribution in [3.8, 4) is 0 Å². The Labute approximate surface area is 174 Å². The predicted molar refractivity (Wildman–Crippen MR) is 115 cm³/mol. The molecule has 1 fully saturated rings. The molecule has 0 aliphatic carbocycles. The van der Waals surface area contributed by atoms with Gasteiger partial charge in [-0.25, -0.2) is 13.2 Å². The van der Waals surface area contributed by atoms with Gasteiger partial charge in [0.05, 0.1) is 12.3 Å². The van der Waals surface area contributed by atoms with E-state index in [0.717, 1.165) is 38.5 Å². The zero-order valence-corrected chi connectivity index (χ0v) is 18.3. The van der Waals surface area contributed by atoms with Crippen molar-refractivity contribution in [2.75, 3.05) is 25.0 Å². The van der Waals surface area contributed by atoms with E-state index in [1.165, 1.54) is 23.6 Å². The number of sulfonamides is 1. The molecule has 7 nitrogen and oxygen atoms in total. The number of carbonyl (C=O) groups is 1. The molecule has 3 N–H and O–H groups in total. The molecule has 164 valence electrons. The van der Waals surface area contributed by atoms with Crippen LogP contribution in [0.25, 0.3) is 0 Å². The number of aliphatic hydroxyl groups is 1. The number of amides is 2. The Morgan fingerprint density at radius 1 is 1.07 bits per heavy atom. The lowest BCUT2D eigenvalue weighted by molar-refractivity contribution is 0.251. The molecule has 1 heterocycles. The number of carbonyl (C=O) groups excluding carboxylic acids is 1. The average molecular weight is 426 g/mol. The molecule has 29 heavy (non-hydrogen) atoms. The quantitative estimate of drug-likeness (QED) is 0.469. The second-order valence-corrected chi connectivity index (χ2v) is 9.44. The number of nitrogens with one attached hydrogen (secondary N) is 2. The fourth-order valence-corrected chi connectivity index (χ4v) is 5.48. The lowest BCUT2D eigenvalue weighted by Gasteiger charge is -2.27. The molecule has 8 heteroatoms. The van der Waals surface area contributed by atoms with Gasteiger partial charge in [0.25, 0.3) is 0 Å². The van der Waals surface area contributed by atoms with Crippen LogP contribution in [0.1, 0.15) is 70.3 Å². The summed E-state index contributed by atoms with van der Waals surface area (Å²) in [5, 5.41) is 15.2. The maximum Gasteiger partial charge on any atom is 0.319 e. The zero-order valence-electron chi connectivity index (χ0n) is 17.5. The Morgan fingerprint density at radius 2 is 1.76 bits per heavy atom. The highest BCUT2D eigenvalue weighted by atomic mass is 32.2. The minimum atomic E-state index is -3.79. The van der Waals surface area contributed by atoms with Crippen LogP contribution >= 0.6 is 0 Å². The fourth-order valence-electron chi connectivity index (χ4n) is 3.62. The van der Waals surface area contributed by atoms with Crippen LogP contribution in [0.5, 0.6) is 0 Å². The number of aliphatic hydroxyl groups excluding tert-OH is 1. The van der Waals surface area contributed by atoms with E-state index in [0.29, 0.717) is 25.2 Å². The molecule has 0 spiro atoms. The first-order chi connectivity index (χ1) is 14.0. The molecule has 1 aromatic rings. The van der Waals surface area contributed by atoms with Gasteiger partial charge in [0.1, 0.15) is 4.90 Å². The van der Waals surface area contributed by atoms with Crippen molar-refractivity contribution in [1.82, 2.24) is 9.62 Å². The van der Waals surface area contributed by atoms with Gasteiger partial charge in [-0.1, -0.05) is 57.6 Å². The zero-order chi connectivity index (χ0) is 21.1. The first-order valence-corrected chi connectivity index (χ1v) is 12.2. The molecule has 0 bridgehead atoms. The lowest BCUT2D eigenvalue weighted by Crippen LogP contribution is -2.37. The molecular weight excluding hydrogens is 390 g/mol. The van der Waals surface area contributed by atoms with E-state index >= 15 is 0 Å². The monoisotopic (exact) mass is 425 g/mol. The van der Waals surface area contributed by atoms with E-state index in [2.05, 4.69) is 17.6 Å². The molecule has 2 amide bonds. The second-order valence-electron chi connectivity index (χ2n) is 7.57. The van der Waals surface area contributed by atoms with Crippen LogP contribution in [-0.4, -0.2) is 43.5 Å². The van der Waals surface area contributed by atoms with Gasteiger partial charge >= 0.3 is 6.03 Å². The number of urea groups is 1. The highest BCUT2D eigenvalue weighted by molar-refractivity contribution is 7.89. The van der Waals surface area contributed by atoms with Crippen molar-refractivity contribution >= 4 is 21.7 Å². The number of piperidine rings is 1. The van der Waals surface area contributed by atoms with E-state index in [-0.39, 0.29) is 10.6 Å². The number of unbranched alkanes of at least 4 members (excludes halogenated alkanes) is 5. The fraction of sp³-hybridized carbons (Fsp3) is 0.667. The lowest BCUT2D eigenvalue weighted by atomic mass is 10.1. The van der Waals surface area contributed by atoms with Crippen molar-refractivity contribution < 1.29 is 18.3 Å². The number of rotatable bonds is 11. The molecule has 0 aromatic heterocycles. The van der Waals surface area contributed by atoms with Crippen molar-refractivity contribution in [1.29, 1.82) is 0 Å². The van der Waals surface area contributed by atoms with Gasteiger partial charge < -0.3 is 15.7 Å². The third-order valence-corrected chi connectivity index (χ3v) is 7.29. The smallest absolute Gasteiger partial charge is 0.319 e. The van der Waals surface area contributed by atoms with Crippen molar-refractivity contribution in [2.24, 2.45) is 0 Å². The maximum atomic E-state index is 13.2. The van der Waals surface area contributed by atoms with Crippen molar-refractivity contribution in [3.63, 3.8) is 0 Å². The maximum absolute atomic E-state index is 13.2. The Morgan fingerprint density at radius 3 is 2.45 bits per heavy atom. The van der Waals surface area contributed by atoms with E-state index < -0.39 is 22.7 Å². The van der Waals surface area contributed by atoms with E-state index in [4.69, 9.17) is 0 Å². The molecule has 1 aliphatic heterocycles. The molecular formula is C21H35N3O4S. The van der Waals surface area contributed by atoms with Gasteiger partial charge in [-0.2, -0.15) is 4.31 Å². The summed E-state index contributed by atoms with van der Waals surface area (Å²) < 4.78 is 27.8. The summed E-state index contributed by atoms with van der Waals surface area (Å²) in [6, 6.07) is 4.37. The summed E-state index contributed by atoms with van der Waals surface area (Å²) in [6.45, 7) is 3.25. The number of nitrogens with zero attached hydrogens (tertiary/aromatic N) is 1. The number of anilines is 1. The van der Waals surface area contributed by atoms with Crippen LogP contribution in [-0.2, 0) is 16.6 Å². The Hall–Kier alpha value is -1.64. The van der Waals surface area contributed by atoms with Crippen LogP contribution in [0.3, 0.4) is 0 Å².